The fraction of sp³-hybridized carbons (Fsp3) is 0.133. The third-order valence-electron chi connectivity index (χ3n) is 3.10. The van der Waals surface area contributed by atoms with Crippen molar-refractivity contribution in [3.8, 4) is 10.6 Å². The Morgan fingerprint density at radius 2 is 1.94 bits per heavy atom. The first kappa shape index (κ1) is 11.2. The van der Waals surface area contributed by atoms with E-state index in [9.17, 15) is 0 Å². The van der Waals surface area contributed by atoms with Crippen LogP contribution in [-0.4, -0.2) is 4.98 Å². The molecule has 0 radical (unpaired) electrons. The SMILES string of the molecule is Cc1ccc2nc(-c3cccc(C)c3N)sc2c1. The zero-order chi connectivity index (χ0) is 12.7. The number of aromatic nitrogens is 1. The van der Waals surface area contributed by atoms with Crippen LogP contribution >= 0.6 is 11.3 Å². The molecule has 0 fully saturated rings. The molecule has 0 aliphatic carbocycles. The predicted molar refractivity (Wildman–Crippen MR) is 78.9 cm³/mol. The highest BCUT2D eigenvalue weighted by Crippen LogP contribution is 2.34. The maximum Gasteiger partial charge on any atom is 0.126 e. The second-order valence-electron chi connectivity index (χ2n) is 4.53. The van der Waals surface area contributed by atoms with Crippen LogP contribution in [0.25, 0.3) is 20.8 Å². The zero-order valence-corrected chi connectivity index (χ0v) is 11.2. The monoisotopic (exact) mass is 254 g/mol. The summed E-state index contributed by atoms with van der Waals surface area (Å²) in [4.78, 5) is 4.66. The Balaban J connectivity index is 2.22. The zero-order valence-electron chi connectivity index (χ0n) is 10.4. The van der Waals surface area contributed by atoms with Crippen molar-refractivity contribution >= 4 is 27.2 Å². The van der Waals surface area contributed by atoms with Crippen molar-refractivity contribution in [1.82, 2.24) is 4.98 Å². The Kier molecular flexibility index (Phi) is 2.56. The average molecular weight is 254 g/mol. The van der Waals surface area contributed by atoms with Crippen LogP contribution in [0.3, 0.4) is 0 Å². The predicted octanol–water partition coefficient (Wildman–Crippen LogP) is 4.16. The van der Waals surface area contributed by atoms with Crippen molar-refractivity contribution in [2.24, 2.45) is 0 Å². The van der Waals surface area contributed by atoms with E-state index >= 15 is 0 Å². The number of nitrogens with two attached hydrogens (primary N) is 1. The van der Waals surface area contributed by atoms with Crippen molar-refractivity contribution in [3.63, 3.8) is 0 Å². The van der Waals surface area contributed by atoms with Crippen LogP contribution in [0.2, 0.25) is 0 Å². The lowest BCUT2D eigenvalue weighted by atomic mass is 10.1. The summed E-state index contributed by atoms with van der Waals surface area (Å²) in [7, 11) is 0. The largest absolute Gasteiger partial charge is 0.398 e. The number of fused-ring (bicyclic) bond motifs is 1. The Labute approximate surface area is 110 Å². The normalized spacial score (nSPS) is 11.0. The fourth-order valence-corrected chi connectivity index (χ4v) is 3.12. The molecule has 0 saturated heterocycles. The molecular formula is C15H14N2S. The summed E-state index contributed by atoms with van der Waals surface area (Å²) in [5.74, 6) is 0. The molecule has 90 valence electrons. The lowest BCUT2D eigenvalue weighted by Gasteiger charge is -2.04. The van der Waals surface area contributed by atoms with E-state index in [2.05, 4.69) is 30.1 Å². The van der Waals surface area contributed by atoms with Gasteiger partial charge in [-0.1, -0.05) is 18.2 Å². The van der Waals surface area contributed by atoms with E-state index in [0.29, 0.717) is 0 Å². The van der Waals surface area contributed by atoms with Gasteiger partial charge in [-0.05, 0) is 43.2 Å². The molecule has 0 saturated carbocycles. The number of hydrogen-bond acceptors (Lipinski definition) is 3. The van der Waals surface area contributed by atoms with Gasteiger partial charge in [0.25, 0.3) is 0 Å². The molecule has 3 heteroatoms. The molecule has 0 unspecified atom stereocenters. The van der Waals surface area contributed by atoms with Gasteiger partial charge in [-0.15, -0.1) is 11.3 Å². The van der Waals surface area contributed by atoms with E-state index in [0.717, 1.165) is 27.3 Å². The van der Waals surface area contributed by atoms with Gasteiger partial charge in [-0.2, -0.15) is 0 Å². The van der Waals surface area contributed by atoms with E-state index in [1.165, 1.54) is 10.3 Å². The van der Waals surface area contributed by atoms with Gasteiger partial charge in [0.1, 0.15) is 5.01 Å². The number of thiazole rings is 1. The van der Waals surface area contributed by atoms with E-state index < -0.39 is 0 Å². The Morgan fingerprint density at radius 1 is 1.11 bits per heavy atom. The maximum atomic E-state index is 6.13. The van der Waals surface area contributed by atoms with Crippen LogP contribution in [-0.2, 0) is 0 Å². The minimum atomic E-state index is 0.827. The standard InChI is InChI=1S/C15H14N2S/c1-9-6-7-12-13(8-9)18-15(17-12)11-5-3-4-10(2)14(11)16/h3-8H,16H2,1-2H3. The molecule has 0 amide bonds. The molecule has 2 aromatic carbocycles. The quantitative estimate of drug-likeness (QED) is 0.662. The summed E-state index contributed by atoms with van der Waals surface area (Å²) >= 11 is 1.70. The van der Waals surface area contributed by atoms with Gasteiger partial charge in [-0.3, -0.25) is 0 Å². The van der Waals surface area contributed by atoms with Gasteiger partial charge in [-0.25, -0.2) is 4.98 Å². The van der Waals surface area contributed by atoms with Crippen LogP contribution in [0.4, 0.5) is 5.69 Å². The molecule has 0 spiro atoms. The Bertz CT molecular complexity index is 728. The lowest BCUT2D eigenvalue weighted by molar-refractivity contribution is 1.43. The van der Waals surface area contributed by atoms with Crippen molar-refractivity contribution < 1.29 is 0 Å². The minimum absolute atomic E-state index is 0.827. The third kappa shape index (κ3) is 1.77. The maximum absolute atomic E-state index is 6.13. The summed E-state index contributed by atoms with van der Waals surface area (Å²) in [6.07, 6.45) is 0. The molecule has 0 bridgehead atoms. The van der Waals surface area contributed by atoms with E-state index in [1.807, 2.05) is 25.1 Å². The molecule has 3 aromatic rings. The molecule has 1 aromatic heterocycles. The minimum Gasteiger partial charge on any atom is -0.398 e. The summed E-state index contributed by atoms with van der Waals surface area (Å²) in [6, 6.07) is 12.4. The number of nitrogen functional groups attached to an aromatic ring is 1. The Morgan fingerprint density at radius 3 is 2.78 bits per heavy atom. The summed E-state index contributed by atoms with van der Waals surface area (Å²) < 4.78 is 1.21. The molecule has 0 aliphatic rings. The highest BCUT2D eigenvalue weighted by atomic mass is 32.1. The molecule has 0 aliphatic heterocycles. The van der Waals surface area contributed by atoms with Crippen molar-refractivity contribution in [2.75, 3.05) is 5.73 Å². The van der Waals surface area contributed by atoms with Crippen LogP contribution in [0.1, 0.15) is 11.1 Å². The molecule has 2 N–H and O–H groups in total. The third-order valence-corrected chi connectivity index (χ3v) is 4.15. The van der Waals surface area contributed by atoms with Gasteiger partial charge >= 0.3 is 0 Å². The summed E-state index contributed by atoms with van der Waals surface area (Å²) in [5.41, 5.74) is 11.4. The van der Waals surface area contributed by atoms with E-state index in [1.54, 1.807) is 11.3 Å². The lowest BCUT2D eigenvalue weighted by Crippen LogP contribution is -1.92. The van der Waals surface area contributed by atoms with Gasteiger partial charge < -0.3 is 5.73 Å². The average Bonchev–Trinajstić information content (AvgIpc) is 2.75. The number of hydrogen-bond donors (Lipinski definition) is 1. The number of benzene rings is 2. The highest BCUT2D eigenvalue weighted by Gasteiger charge is 2.10. The fourth-order valence-electron chi connectivity index (χ4n) is 2.01. The van der Waals surface area contributed by atoms with Gasteiger partial charge in [0, 0.05) is 11.3 Å². The topological polar surface area (TPSA) is 38.9 Å². The van der Waals surface area contributed by atoms with Gasteiger partial charge in [0.05, 0.1) is 10.2 Å². The first-order chi connectivity index (χ1) is 8.65. The molecule has 1 heterocycles. The number of para-hydroxylation sites is 1. The van der Waals surface area contributed by atoms with E-state index in [4.69, 9.17) is 5.73 Å². The molecule has 18 heavy (non-hydrogen) atoms. The number of aryl methyl sites for hydroxylation is 2. The second kappa shape index (κ2) is 4.10. The second-order valence-corrected chi connectivity index (χ2v) is 5.56. The van der Waals surface area contributed by atoms with Crippen LogP contribution in [0, 0.1) is 13.8 Å². The van der Waals surface area contributed by atoms with Crippen molar-refractivity contribution in [2.45, 2.75) is 13.8 Å². The number of anilines is 1. The van der Waals surface area contributed by atoms with Crippen LogP contribution in [0.15, 0.2) is 36.4 Å². The highest BCUT2D eigenvalue weighted by molar-refractivity contribution is 7.21. The molecular weight excluding hydrogens is 240 g/mol. The molecule has 2 nitrogen and oxygen atoms in total. The van der Waals surface area contributed by atoms with Crippen LogP contribution in [0.5, 0.6) is 0 Å². The van der Waals surface area contributed by atoms with Crippen molar-refractivity contribution in [3.05, 3.63) is 47.5 Å². The Hall–Kier alpha value is -1.87. The smallest absolute Gasteiger partial charge is 0.126 e. The van der Waals surface area contributed by atoms with E-state index in [-0.39, 0.29) is 0 Å². The number of rotatable bonds is 1. The van der Waals surface area contributed by atoms with Crippen molar-refractivity contribution in [1.29, 1.82) is 0 Å². The molecule has 0 atom stereocenters. The van der Waals surface area contributed by atoms with Gasteiger partial charge in [0.2, 0.25) is 0 Å². The molecule has 3 rings (SSSR count). The first-order valence-electron chi connectivity index (χ1n) is 5.88. The summed E-state index contributed by atoms with van der Waals surface area (Å²) in [6.45, 7) is 4.12. The van der Waals surface area contributed by atoms with Gasteiger partial charge in [0.15, 0.2) is 0 Å². The summed E-state index contributed by atoms with van der Waals surface area (Å²) in [5, 5.41) is 0.997. The number of nitrogens with zero attached hydrogens (tertiary/aromatic N) is 1. The van der Waals surface area contributed by atoms with Crippen LogP contribution < -0.4 is 5.73 Å². The first-order valence-corrected chi connectivity index (χ1v) is 6.69.